The van der Waals surface area contributed by atoms with Gasteiger partial charge in [0.2, 0.25) is 17.7 Å². The van der Waals surface area contributed by atoms with Crippen LogP contribution in [0.2, 0.25) is 0 Å². The van der Waals surface area contributed by atoms with Gasteiger partial charge in [0, 0.05) is 43.7 Å². The molecule has 1 aliphatic rings. The molecule has 1 fully saturated rings. The highest BCUT2D eigenvalue weighted by Crippen LogP contribution is 2.30. The predicted molar refractivity (Wildman–Crippen MR) is 212 cm³/mol. The molecule has 0 bridgehead atoms. The summed E-state index contributed by atoms with van der Waals surface area (Å²) < 4.78 is 14.0. The Morgan fingerprint density at radius 3 is 2.42 bits per heavy atom. The Balaban J connectivity index is 0.962. The van der Waals surface area contributed by atoms with Crippen LogP contribution in [0.5, 0.6) is 5.75 Å². The van der Waals surface area contributed by atoms with Crippen molar-refractivity contribution >= 4 is 45.0 Å². The lowest BCUT2D eigenvalue weighted by atomic mass is 9.85. The average Bonchev–Trinajstić information content (AvgIpc) is 3.90. The number of aliphatic hydroxyl groups is 1. The van der Waals surface area contributed by atoms with Crippen LogP contribution in [0.1, 0.15) is 38.4 Å². The average molecular weight is 831 g/mol. The van der Waals surface area contributed by atoms with Gasteiger partial charge in [-0.3, -0.25) is 19.4 Å². The van der Waals surface area contributed by atoms with Crippen LogP contribution < -0.4 is 15.4 Å². The van der Waals surface area contributed by atoms with Crippen molar-refractivity contribution in [3.05, 3.63) is 100 Å². The summed E-state index contributed by atoms with van der Waals surface area (Å²) in [4.78, 5) is 51.1. The van der Waals surface area contributed by atoms with Gasteiger partial charge in [0.1, 0.15) is 36.7 Å². The second-order valence-corrected chi connectivity index (χ2v) is 16.1. The summed E-state index contributed by atoms with van der Waals surface area (Å²) in [6, 6.07) is 17.3. The first-order valence-corrected chi connectivity index (χ1v) is 19.6. The Morgan fingerprint density at radius 1 is 1.02 bits per heavy atom. The first-order valence-electron chi connectivity index (χ1n) is 17.9. The number of rotatable bonds is 14. The third kappa shape index (κ3) is 10.0. The van der Waals surface area contributed by atoms with Crippen LogP contribution in [0.15, 0.2) is 89.2 Å². The molecule has 3 N–H and O–H groups in total. The molecule has 288 valence electrons. The molecule has 1 saturated heterocycles. The van der Waals surface area contributed by atoms with E-state index in [0.717, 1.165) is 43.1 Å². The molecule has 3 amide bonds. The van der Waals surface area contributed by atoms with Crippen molar-refractivity contribution in [2.45, 2.75) is 58.8 Å². The van der Waals surface area contributed by atoms with Crippen LogP contribution in [0.3, 0.4) is 0 Å². The number of ether oxygens (including phenoxy) is 2. The Hall–Kier alpha value is -4.96. The summed E-state index contributed by atoms with van der Waals surface area (Å²) in [5, 5.41) is 20.9. The van der Waals surface area contributed by atoms with Gasteiger partial charge in [0.25, 0.3) is 0 Å². The van der Waals surface area contributed by atoms with E-state index in [9.17, 15) is 19.5 Å². The molecular formula is C40H44BrN7O6S. The van der Waals surface area contributed by atoms with Crippen molar-refractivity contribution < 1.29 is 29.0 Å². The number of aromatic nitrogens is 4. The third-order valence-corrected chi connectivity index (χ3v) is 10.7. The number of nitrogens with one attached hydrogen (secondary N) is 2. The van der Waals surface area contributed by atoms with Gasteiger partial charge in [0.05, 0.1) is 39.0 Å². The van der Waals surface area contributed by atoms with E-state index in [4.69, 9.17) is 9.47 Å². The predicted octanol–water partition coefficient (Wildman–Crippen LogP) is 5.33. The SMILES string of the molecule is Cc1ncsc1-c1ccc(CNC(=O)C2CC(O)CN2C(=O)[C@@H](NC(=O)COCCOc2ccc(-n3cc(Br)c(-c4ccncc4)n3)cc2)C(C)(C)C)cc1. The van der Waals surface area contributed by atoms with Crippen LogP contribution in [0.4, 0.5) is 0 Å². The molecular weight excluding hydrogens is 786 g/mol. The van der Waals surface area contributed by atoms with Gasteiger partial charge in [-0.15, -0.1) is 11.3 Å². The highest BCUT2D eigenvalue weighted by atomic mass is 79.9. The Bertz CT molecular complexity index is 2080. The quantitative estimate of drug-likeness (QED) is 0.126. The molecule has 55 heavy (non-hydrogen) atoms. The highest BCUT2D eigenvalue weighted by Gasteiger charge is 2.44. The van der Waals surface area contributed by atoms with Gasteiger partial charge in [-0.25, -0.2) is 9.67 Å². The lowest BCUT2D eigenvalue weighted by Crippen LogP contribution is -2.58. The molecule has 0 saturated carbocycles. The van der Waals surface area contributed by atoms with Crippen molar-refractivity contribution in [2.75, 3.05) is 26.4 Å². The number of pyridine rings is 1. The van der Waals surface area contributed by atoms with Crippen molar-refractivity contribution in [3.63, 3.8) is 0 Å². The van der Waals surface area contributed by atoms with Gasteiger partial charge in [0.15, 0.2) is 0 Å². The standard InChI is InChI=1S/C40H44BrN7O6S/c1-25-36(55-24-44-25)28-7-5-26(6-8-28)20-43-38(51)33-19-30(49)21-47(33)39(52)37(40(2,3)4)45-34(50)23-53-17-18-54-31-11-9-29(10-12-31)48-22-32(41)35(46-48)27-13-15-42-16-14-27/h5-16,22,24,30,33,37,49H,17-21,23H2,1-4H3,(H,43,51)(H,45,50)/t30?,33?,37-/m1/s1. The number of carbonyl (C=O) groups is 3. The lowest BCUT2D eigenvalue weighted by molar-refractivity contribution is -0.144. The summed E-state index contributed by atoms with van der Waals surface area (Å²) >= 11 is 5.16. The summed E-state index contributed by atoms with van der Waals surface area (Å²) in [6.07, 6.45) is 4.57. The van der Waals surface area contributed by atoms with Crippen molar-refractivity contribution in [1.29, 1.82) is 0 Å². The number of carbonyl (C=O) groups excluding carboxylic acids is 3. The normalized spacial score (nSPS) is 16.1. The molecule has 13 nitrogen and oxygen atoms in total. The number of hydrogen-bond acceptors (Lipinski definition) is 10. The van der Waals surface area contributed by atoms with E-state index in [1.807, 2.05) is 100 Å². The monoisotopic (exact) mass is 829 g/mol. The minimum atomic E-state index is -0.960. The fourth-order valence-electron chi connectivity index (χ4n) is 6.25. The van der Waals surface area contributed by atoms with Crippen molar-refractivity contribution in [3.8, 4) is 33.1 Å². The first kappa shape index (κ1) is 39.7. The number of halogens is 1. The molecule has 5 aromatic rings. The number of amides is 3. The molecule has 2 unspecified atom stereocenters. The summed E-state index contributed by atoms with van der Waals surface area (Å²) in [5.74, 6) is -0.660. The second kappa shape index (κ2) is 17.7. The Labute approximate surface area is 332 Å². The molecule has 1 aliphatic heterocycles. The summed E-state index contributed by atoms with van der Waals surface area (Å²) in [6.45, 7) is 7.77. The van der Waals surface area contributed by atoms with E-state index in [2.05, 4.69) is 41.6 Å². The van der Waals surface area contributed by atoms with E-state index in [-0.39, 0.29) is 45.2 Å². The number of likely N-dealkylation sites (tertiary alicyclic amines) is 1. The van der Waals surface area contributed by atoms with Gasteiger partial charge < -0.3 is 30.1 Å². The number of thiazole rings is 1. The van der Waals surface area contributed by atoms with E-state index >= 15 is 0 Å². The zero-order chi connectivity index (χ0) is 39.1. The Kier molecular flexibility index (Phi) is 12.8. The summed E-state index contributed by atoms with van der Waals surface area (Å²) in [5.41, 5.74) is 6.65. The van der Waals surface area contributed by atoms with Gasteiger partial charge >= 0.3 is 0 Å². The highest BCUT2D eigenvalue weighted by molar-refractivity contribution is 9.10. The van der Waals surface area contributed by atoms with Gasteiger partial charge in [-0.2, -0.15) is 5.10 Å². The topological polar surface area (TPSA) is 161 Å². The summed E-state index contributed by atoms with van der Waals surface area (Å²) in [7, 11) is 0. The number of benzene rings is 2. The molecule has 4 heterocycles. The minimum absolute atomic E-state index is 0.0107. The molecule has 0 aliphatic carbocycles. The molecule has 3 atom stereocenters. The number of aryl methyl sites for hydroxylation is 1. The number of aliphatic hydroxyl groups excluding tert-OH is 1. The molecule has 2 aromatic carbocycles. The Morgan fingerprint density at radius 2 is 1.75 bits per heavy atom. The third-order valence-electron chi connectivity index (χ3n) is 9.17. The maximum absolute atomic E-state index is 13.9. The number of nitrogens with zero attached hydrogens (tertiary/aromatic N) is 5. The van der Waals surface area contributed by atoms with Crippen LogP contribution in [-0.2, 0) is 25.7 Å². The van der Waals surface area contributed by atoms with E-state index in [1.165, 1.54) is 4.90 Å². The zero-order valence-corrected chi connectivity index (χ0v) is 33.5. The fraction of sp³-hybridized carbons (Fsp3) is 0.350. The maximum Gasteiger partial charge on any atom is 0.246 e. The lowest BCUT2D eigenvalue weighted by Gasteiger charge is -2.35. The molecule has 6 rings (SSSR count). The second-order valence-electron chi connectivity index (χ2n) is 14.3. The fourth-order valence-corrected chi connectivity index (χ4v) is 7.57. The molecule has 0 radical (unpaired) electrons. The number of hydrogen-bond donors (Lipinski definition) is 3. The van der Waals surface area contributed by atoms with E-state index < -0.39 is 35.4 Å². The molecule has 0 spiro atoms. The van der Waals surface area contributed by atoms with E-state index in [0.29, 0.717) is 5.75 Å². The van der Waals surface area contributed by atoms with E-state index in [1.54, 1.807) is 28.4 Å². The molecule has 3 aromatic heterocycles. The van der Waals surface area contributed by atoms with Crippen LogP contribution in [0, 0.1) is 12.3 Å². The van der Waals surface area contributed by atoms with Gasteiger partial charge in [-0.05, 0) is 75.8 Å². The van der Waals surface area contributed by atoms with Crippen molar-refractivity contribution in [1.82, 2.24) is 35.3 Å². The van der Waals surface area contributed by atoms with Crippen LogP contribution >= 0.6 is 27.3 Å². The maximum atomic E-state index is 13.9. The van der Waals surface area contributed by atoms with Crippen molar-refractivity contribution in [2.24, 2.45) is 5.41 Å². The molecule has 15 heteroatoms. The largest absolute Gasteiger partial charge is 0.491 e. The number of β-amino-alcohol motifs (C(OH)–C–C–N with tert-alkyl or cyclic N) is 1. The van der Waals surface area contributed by atoms with Gasteiger partial charge in [-0.1, -0.05) is 45.0 Å². The first-order chi connectivity index (χ1) is 26.4. The zero-order valence-electron chi connectivity index (χ0n) is 31.1. The van der Waals surface area contributed by atoms with Crippen LogP contribution in [-0.4, -0.2) is 92.0 Å². The van der Waals surface area contributed by atoms with Crippen LogP contribution in [0.25, 0.3) is 27.4 Å². The minimum Gasteiger partial charge on any atom is -0.491 e. The smallest absolute Gasteiger partial charge is 0.246 e.